The lowest BCUT2D eigenvalue weighted by Crippen LogP contribution is -2.14. The molecule has 2 N–H and O–H groups in total. The molecule has 2 nitrogen and oxygen atoms in total. The van der Waals surface area contributed by atoms with Gasteiger partial charge in [0.25, 0.3) is 0 Å². The molecule has 12 heavy (non-hydrogen) atoms. The van der Waals surface area contributed by atoms with Crippen LogP contribution in [0.3, 0.4) is 0 Å². The van der Waals surface area contributed by atoms with Gasteiger partial charge in [0, 0.05) is 17.9 Å². The van der Waals surface area contributed by atoms with Crippen LogP contribution in [0.15, 0.2) is 24.4 Å². The number of nitrogens with zero attached hydrogens (tertiary/aromatic N) is 1. The molecule has 0 bridgehead atoms. The first kappa shape index (κ1) is 9.20. The molecule has 1 heterocycles. The Hall–Kier alpha value is -0.890. The standard InChI is InChI=1S/C10H16N2/c1-9(11)5-4-7-10-6-2-3-8-12-10/h2-3,6,8-9H,4-5,7,11H2,1H3/t9-/m1/s1. The van der Waals surface area contributed by atoms with Gasteiger partial charge in [0.05, 0.1) is 0 Å². The molecule has 66 valence electrons. The maximum atomic E-state index is 5.64. The zero-order valence-corrected chi connectivity index (χ0v) is 7.53. The van der Waals surface area contributed by atoms with Gasteiger partial charge in [-0.15, -0.1) is 0 Å². The fourth-order valence-electron chi connectivity index (χ4n) is 1.15. The van der Waals surface area contributed by atoms with Gasteiger partial charge in [0.2, 0.25) is 0 Å². The predicted octanol–water partition coefficient (Wildman–Crippen LogP) is 1.75. The summed E-state index contributed by atoms with van der Waals surface area (Å²) in [5.41, 5.74) is 6.80. The average Bonchev–Trinajstić information content (AvgIpc) is 2.05. The van der Waals surface area contributed by atoms with Gasteiger partial charge in [-0.25, -0.2) is 0 Å². The SMILES string of the molecule is C[C@@H](N)CCCc1ccccn1. The molecule has 0 aromatic carbocycles. The normalized spacial score (nSPS) is 12.8. The lowest BCUT2D eigenvalue weighted by Gasteiger charge is -2.03. The number of aryl methyl sites for hydroxylation is 1. The van der Waals surface area contributed by atoms with Crippen molar-refractivity contribution in [1.82, 2.24) is 4.98 Å². The van der Waals surface area contributed by atoms with E-state index in [1.54, 1.807) is 0 Å². The Morgan fingerprint density at radius 2 is 2.33 bits per heavy atom. The molecule has 0 unspecified atom stereocenters. The Labute approximate surface area is 73.8 Å². The number of aromatic nitrogens is 1. The van der Waals surface area contributed by atoms with Crippen molar-refractivity contribution < 1.29 is 0 Å². The van der Waals surface area contributed by atoms with Crippen molar-refractivity contribution in [3.63, 3.8) is 0 Å². The van der Waals surface area contributed by atoms with Gasteiger partial charge < -0.3 is 5.73 Å². The van der Waals surface area contributed by atoms with Crippen LogP contribution in [0.5, 0.6) is 0 Å². The molecule has 0 amide bonds. The van der Waals surface area contributed by atoms with Gasteiger partial charge in [0.1, 0.15) is 0 Å². The summed E-state index contributed by atoms with van der Waals surface area (Å²) >= 11 is 0. The van der Waals surface area contributed by atoms with Crippen molar-refractivity contribution in [3.05, 3.63) is 30.1 Å². The number of hydrogen-bond donors (Lipinski definition) is 1. The van der Waals surface area contributed by atoms with E-state index in [1.807, 2.05) is 25.3 Å². The second-order valence-corrected chi connectivity index (χ2v) is 3.19. The molecule has 0 spiro atoms. The first-order chi connectivity index (χ1) is 5.79. The summed E-state index contributed by atoms with van der Waals surface area (Å²) in [6, 6.07) is 6.33. The summed E-state index contributed by atoms with van der Waals surface area (Å²) in [5.74, 6) is 0. The van der Waals surface area contributed by atoms with Gasteiger partial charge >= 0.3 is 0 Å². The Morgan fingerprint density at radius 1 is 1.50 bits per heavy atom. The van der Waals surface area contributed by atoms with Crippen molar-refractivity contribution in [2.75, 3.05) is 0 Å². The van der Waals surface area contributed by atoms with Crippen LogP contribution in [0, 0.1) is 0 Å². The second kappa shape index (κ2) is 4.88. The topological polar surface area (TPSA) is 38.9 Å². The molecule has 0 fully saturated rings. The summed E-state index contributed by atoms with van der Waals surface area (Å²) in [7, 11) is 0. The first-order valence-corrected chi connectivity index (χ1v) is 4.44. The van der Waals surface area contributed by atoms with Gasteiger partial charge in [0.15, 0.2) is 0 Å². The molecule has 0 aliphatic rings. The fourth-order valence-corrected chi connectivity index (χ4v) is 1.15. The van der Waals surface area contributed by atoms with E-state index in [2.05, 4.69) is 11.1 Å². The maximum absolute atomic E-state index is 5.64. The summed E-state index contributed by atoms with van der Waals surface area (Å²) < 4.78 is 0. The molecule has 0 aliphatic heterocycles. The maximum Gasteiger partial charge on any atom is 0.0403 e. The molecule has 0 aliphatic carbocycles. The number of rotatable bonds is 4. The molecular weight excluding hydrogens is 148 g/mol. The third-order valence-electron chi connectivity index (χ3n) is 1.82. The van der Waals surface area contributed by atoms with Crippen molar-refractivity contribution in [1.29, 1.82) is 0 Å². The van der Waals surface area contributed by atoms with Gasteiger partial charge in [-0.05, 0) is 38.3 Å². The van der Waals surface area contributed by atoms with Crippen LogP contribution in [0.2, 0.25) is 0 Å². The minimum atomic E-state index is 0.314. The van der Waals surface area contributed by atoms with Gasteiger partial charge in [-0.2, -0.15) is 0 Å². The summed E-state index contributed by atoms with van der Waals surface area (Å²) in [6.45, 7) is 2.04. The van der Waals surface area contributed by atoms with Crippen molar-refractivity contribution >= 4 is 0 Å². The molecule has 0 radical (unpaired) electrons. The number of nitrogens with two attached hydrogens (primary N) is 1. The molecule has 1 atom stereocenters. The monoisotopic (exact) mass is 164 g/mol. The van der Waals surface area contributed by atoms with Crippen LogP contribution in [0.4, 0.5) is 0 Å². The highest BCUT2D eigenvalue weighted by molar-refractivity contribution is 5.03. The molecule has 1 aromatic rings. The largest absolute Gasteiger partial charge is 0.328 e. The van der Waals surface area contributed by atoms with E-state index in [4.69, 9.17) is 5.73 Å². The van der Waals surface area contributed by atoms with E-state index >= 15 is 0 Å². The van der Waals surface area contributed by atoms with Crippen LogP contribution < -0.4 is 5.73 Å². The Kier molecular flexibility index (Phi) is 3.74. The van der Waals surface area contributed by atoms with Crippen molar-refractivity contribution in [2.45, 2.75) is 32.2 Å². The van der Waals surface area contributed by atoms with Crippen molar-refractivity contribution in [3.8, 4) is 0 Å². The van der Waals surface area contributed by atoms with Gasteiger partial charge in [-0.1, -0.05) is 6.07 Å². The van der Waals surface area contributed by atoms with Crippen molar-refractivity contribution in [2.24, 2.45) is 5.73 Å². The van der Waals surface area contributed by atoms with E-state index in [9.17, 15) is 0 Å². The molecule has 0 saturated heterocycles. The van der Waals surface area contributed by atoms with Crippen LogP contribution in [-0.2, 0) is 6.42 Å². The molecular formula is C10H16N2. The smallest absolute Gasteiger partial charge is 0.0403 e. The van der Waals surface area contributed by atoms with Crippen LogP contribution in [-0.4, -0.2) is 11.0 Å². The second-order valence-electron chi connectivity index (χ2n) is 3.19. The lowest BCUT2D eigenvalue weighted by atomic mass is 10.1. The zero-order valence-electron chi connectivity index (χ0n) is 7.53. The fraction of sp³-hybridized carbons (Fsp3) is 0.500. The Morgan fingerprint density at radius 3 is 2.92 bits per heavy atom. The molecule has 1 rings (SSSR count). The lowest BCUT2D eigenvalue weighted by molar-refractivity contribution is 0.620. The third-order valence-corrected chi connectivity index (χ3v) is 1.82. The van der Waals surface area contributed by atoms with E-state index in [-0.39, 0.29) is 0 Å². The summed E-state index contributed by atoms with van der Waals surface area (Å²) in [4.78, 5) is 4.23. The van der Waals surface area contributed by atoms with Gasteiger partial charge in [-0.3, -0.25) is 4.98 Å². The quantitative estimate of drug-likeness (QED) is 0.736. The minimum Gasteiger partial charge on any atom is -0.328 e. The van der Waals surface area contributed by atoms with E-state index in [0.29, 0.717) is 6.04 Å². The van der Waals surface area contributed by atoms with E-state index in [0.717, 1.165) is 25.0 Å². The number of pyridine rings is 1. The minimum absolute atomic E-state index is 0.314. The molecule has 0 saturated carbocycles. The molecule has 1 aromatic heterocycles. The highest BCUT2D eigenvalue weighted by Crippen LogP contribution is 2.02. The molecule has 2 heteroatoms. The Balaban J connectivity index is 2.25. The summed E-state index contributed by atoms with van der Waals surface area (Å²) in [6.07, 6.45) is 5.09. The zero-order chi connectivity index (χ0) is 8.81. The van der Waals surface area contributed by atoms with Crippen LogP contribution >= 0.6 is 0 Å². The highest BCUT2D eigenvalue weighted by atomic mass is 14.7. The van der Waals surface area contributed by atoms with Crippen LogP contribution in [0.25, 0.3) is 0 Å². The Bertz CT molecular complexity index is 206. The predicted molar refractivity (Wildman–Crippen MR) is 50.8 cm³/mol. The average molecular weight is 164 g/mol. The van der Waals surface area contributed by atoms with E-state index in [1.165, 1.54) is 0 Å². The third kappa shape index (κ3) is 3.49. The first-order valence-electron chi connectivity index (χ1n) is 4.44. The number of hydrogen-bond acceptors (Lipinski definition) is 2. The highest BCUT2D eigenvalue weighted by Gasteiger charge is 1.95. The van der Waals surface area contributed by atoms with Crippen LogP contribution in [0.1, 0.15) is 25.5 Å². The summed E-state index contributed by atoms with van der Waals surface area (Å²) in [5, 5.41) is 0. The van der Waals surface area contributed by atoms with E-state index < -0.39 is 0 Å².